The molecular formula is C10H8F7N. The van der Waals surface area contributed by atoms with Crippen LogP contribution in [0.4, 0.5) is 30.7 Å². The minimum atomic E-state index is -5.11. The Labute approximate surface area is 97.4 Å². The quantitative estimate of drug-likeness (QED) is 0.773. The first-order chi connectivity index (χ1) is 7.94. The van der Waals surface area contributed by atoms with Crippen molar-refractivity contribution in [1.82, 2.24) is 0 Å². The Balaban J connectivity index is 3.58. The molecule has 0 saturated heterocycles. The number of benzene rings is 1. The Bertz CT molecular complexity index is 445. The van der Waals surface area contributed by atoms with E-state index in [4.69, 9.17) is 5.73 Å². The molecule has 0 aliphatic rings. The molecule has 0 unspecified atom stereocenters. The van der Waals surface area contributed by atoms with E-state index in [9.17, 15) is 30.7 Å². The second-order valence-electron chi connectivity index (χ2n) is 3.70. The van der Waals surface area contributed by atoms with Crippen LogP contribution in [0, 0.1) is 5.82 Å². The molecule has 0 aliphatic heterocycles. The number of rotatable bonds is 1. The summed E-state index contributed by atoms with van der Waals surface area (Å²) in [5.74, 6) is -1.62. The molecule has 0 bridgehead atoms. The molecule has 1 atom stereocenters. The van der Waals surface area contributed by atoms with Crippen LogP contribution in [0.1, 0.15) is 29.7 Å². The number of halogens is 7. The summed E-state index contributed by atoms with van der Waals surface area (Å²) in [6.45, 7) is 1.06. The van der Waals surface area contributed by atoms with Gasteiger partial charge < -0.3 is 5.73 Å². The summed E-state index contributed by atoms with van der Waals surface area (Å²) in [4.78, 5) is 0. The molecule has 0 aromatic heterocycles. The largest absolute Gasteiger partial charge is 0.416 e. The molecule has 0 radical (unpaired) electrons. The highest BCUT2D eigenvalue weighted by molar-refractivity contribution is 5.38. The van der Waals surface area contributed by atoms with Crippen molar-refractivity contribution in [2.75, 3.05) is 0 Å². The summed E-state index contributed by atoms with van der Waals surface area (Å²) in [5, 5.41) is 0. The van der Waals surface area contributed by atoms with Crippen LogP contribution in [0.3, 0.4) is 0 Å². The van der Waals surface area contributed by atoms with Gasteiger partial charge in [0, 0.05) is 11.6 Å². The molecule has 0 aliphatic carbocycles. The Morgan fingerprint density at radius 2 is 1.50 bits per heavy atom. The molecule has 1 rings (SSSR count). The van der Waals surface area contributed by atoms with Gasteiger partial charge in [0.1, 0.15) is 5.82 Å². The Kier molecular flexibility index (Phi) is 3.62. The minimum Gasteiger partial charge on any atom is -0.324 e. The zero-order valence-electron chi connectivity index (χ0n) is 8.96. The van der Waals surface area contributed by atoms with Gasteiger partial charge in [0.2, 0.25) is 0 Å². The molecule has 1 nitrogen and oxygen atoms in total. The molecule has 1 aromatic carbocycles. The Hall–Kier alpha value is -1.31. The lowest BCUT2D eigenvalue weighted by Crippen LogP contribution is -2.19. The fourth-order valence-electron chi connectivity index (χ4n) is 1.48. The van der Waals surface area contributed by atoms with Gasteiger partial charge in [-0.1, -0.05) is 0 Å². The maximum absolute atomic E-state index is 13.3. The van der Waals surface area contributed by atoms with Crippen molar-refractivity contribution >= 4 is 0 Å². The van der Waals surface area contributed by atoms with E-state index < -0.39 is 40.9 Å². The van der Waals surface area contributed by atoms with E-state index in [1.807, 2.05) is 0 Å². The van der Waals surface area contributed by atoms with Gasteiger partial charge in [-0.05, 0) is 19.1 Å². The average molecular weight is 275 g/mol. The summed E-state index contributed by atoms with van der Waals surface area (Å²) < 4.78 is 88.0. The summed E-state index contributed by atoms with van der Waals surface area (Å²) >= 11 is 0. The average Bonchev–Trinajstić information content (AvgIpc) is 2.12. The first-order valence-corrected chi connectivity index (χ1v) is 4.68. The Morgan fingerprint density at radius 3 is 1.83 bits per heavy atom. The van der Waals surface area contributed by atoms with Gasteiger partial charge in [-0.15, -0.1) is 0 Å². The van der Waals surface area contributed by atoms with Gasteiger partial charge in [0.15, 0.2) is 0 Å². The zero-order chi connectivity index (χ0) is 14.3. The summed E-state index contributed by atoms with van der Waals surface area (Å²) in [6, 6.07) is -1.50. The van der Waals surface area contributed by atoms with E-state index in [0.29, 0.717) is 0 Å². The summed E-state index contributed by atoms with van der Waals surface area (Å²) in [7, 11) is 0. The van der Waals surface area contributed by atoms with Crippen molar-refractivity contribution in [3.8, 4) is 0 Å². The van der Waals surface area contributed by atoms with Crippen LogP contribution in [-0.2, 0) is 12.4 Å². The van der Waals surface area contributed by atoms with Crippen LogP contribution in [0.15, 0.2) is 12.1 Å². The summed E-state index contributed by atoms with van der Waals surface area (Å²) in [6.07, 6.45) is -10.2. The molecule has 0 heterocycles. The predicted molar refractivity (Wildman–Crippen MR) is 49.0 cm³/mol. The number of hydrogen-bond donors (Lipinski definition) is 1. The number of alkyl halides is 6. The van der Waals surface area contributed by atoms with Gasteiger partial charge in [0.25, 0.3) is 0 Å². The van der Waals surface area contributed by atoms with Crippen LogP contribution >= 0.6 is 0 Å². The molecular weight excluding hydrogens is 267 g/mol. The molecule has 0 fully saturated rings. The smallest absolute Gasteiger partial charge is 0.324 e. The van der Waals surface area contributed by atoms with Crippen molar-refractivity contribution in [2.24, 2.45) is 5.73 Å². The van der Waals surface area contributed by atoms with Gasteiger partial charge in [-0.2, -0.15) is 26.3 Å². The third-order valence-electron chi connectivity index (χ3n) is 2.22. The van der Waals surface area contributed by atoms with Crippen LogP contribution in [0.25, 0.3) is 0 Å². The SMILES string of the molecule is C[C@H](N)c1c(F)cc(C(F)(F)F)cc1C(F)(F)F. The van der Waals surface area contributed by atoms with E-state index in [1.165, 1.54) is 0 Å². The third kappa shape index (κ3) is 2.92. The lowest BCUT2D eigenvalue weighted by molar-refractivity contribution is -0.144. The van der Waals surface area contributed by atoms with Crippen molar-refractivity contribution in [2.45, 2.75) is 25.3 Å². The maximum Gasteiger partial charge on any atom is 0.416 e. The van der Waals surface area contributed by atoms with Crippen LogP contribution in [0.2, 0.25) is 0 Å². The minimum absolute atomic E-state index is 0.00787. The van der Waals surface area contributed by atoms with E-state index in [-0.39, 0.29) is 12.1 Å². The lowest BCUT2D eigenvalue weighted by atomic mass is 9.97. The monoisotopic (exact) mass is 275 g/mol. The van der Waals surface area contributed by atoms with Crippen LogP contribution < -0.4 is 5.73 Å². The van der Waals surface area contributed by atoms with E-state index in [0.717, 1.165) is 6.92 Å². The molecule has 2 N–H and O–H groups in total. The lowest BCUT2D eigenvalue weighted by Gasteiger charge is -2.18. The van der Waals surface area contributed by atoms with Gasteiger partial charge in [0.05, 0.1) is 11.1 Å². The first-order valence-electron chi connectivity index (χ1n) is 4.68. The van der Waals surface area contributed by atoms with Gasteiger partial charge >= 0.3 is 12.4 Å². The molecule has 8 heteroatoms. The van der Waals surface area contributed by atoms with E-state index in [2.05, 4.69) is 0 Å². The van der Waals surface area contributed by atoms with Gasteiger partial charge in [-0.25, -0.2) is 4.39 Å². The Morgan fingerprint density at radius 1 is 1.00 bits per heavy atom. The highest BCUT2D eigenvalue weighted by Gasteiger charge is 2.40. The van der Waals surface area contributed by atoms with E-state index >= 15 is 0 Å². The third-order valence-corrected chi connectivity index (χ3v) is 2.22. The zero-order valence-corrected chi connectivity index (χ0v) is 8.96. The molecule has 0 saturated carbocycles. The maximum atomic E-state index is 13.3. The fraction of sp³-hybridized carbons (Fsp3) is 0.400. The topological polar surface area (TPSA) is 26.0 Å². The molecule has 102 valence electrons. The molecule has 1 aromatic rings. The fourth-order valence-corrected chi connectivity index (χ4v) is 1.48. The molecule has 18 heavy (non-hydrogen) atoms. The molecule has 0 spiro atoms. The van der Waals surface area contributed by atoms with Crippen LogP contribution in [-0.4, -0.2) is 0 Å². The normalized spacial score (nSPS) is 14.7. The van der Waals surface area contributed by atoms with Crippen molar-refractivity contribution < 1.29 is 30.7 Å². The van der Waals surface area contributed by atoms with Gasteiger partial charge in [-0.3, -0.25) is 0 Å². The highest BCUT2D eigenvalue weighted by atomic mass is 19.4. The van der Waals surface area contributed by atoms with Crippen LogP contribution in [0.5, 0.6) is 0 Å². The second kappa shape index (κ2) is 4.42. The highest BCUT2D eigenvalue weighted by Crippen LogP contribution is 2.39. The van der Waals surface area contributed by atoms with Crippen molar-refractivity contribution in [1.29, 1.82) is 0 Å². The predicted octanol–water partition coefficient (Wildman–Crippen LogP) is 3.88. The standard InChI is InChI=1S/C10H8F7N/c1-4(18)8-6(10(15,16)17)2-5(3-7(8)11)9(12,13)14/h2-4H,18H2,1H3/t4-/m0/s1. The number of hydrogen-bond acceptors (Lipinski definition) is 1. The molecule has 0 amide bonds. The number of nitrogens with two attached hydrogens (primary N) is 1. The van der Waals surface area contributed by atoms with Crippen molar-refractivity contribution in [3.05, 3.63) is 34.6 Å². The first kappa shape index (κ1) is 14.7. The second-order valence-corrected chi connectivity index (χ2v) is 3.70. The van der Waals surface area contributed by atoms with E-state index in [1.54, 1.807) is 0 Å². The summed E-state index contributed by atoms with van der Waals surface area (Å²) in [5.41, 5.74) is 0.772. The van der Waals surface area contributed by atoms with Crippen molar-refractivity contribution in [3.63, 3.8) is 0 Å².